The Bertz CT molecular complexity index is 531. The summed E-state index contributed by atoms with van der Waals surface area (Å²) in [4.78, 5) is 10.5. The molecule has 0 aliphatic carbocycles. The van der Waals surface area contributed by atoms with Crippen molar-refractivity contribution in [2.45, 2.75) is 11.3 Å². The van der Waals surface area contributed by atoms with Crippen LogP contribution in [0.3, 0.4) is 0 Å². The van der Waals surface area contributed by atoms with Crippen LogP contribution in [0.2, 0.25) is 0 Å². The molecule has 2 N–H and O–H groups in total. The summed E-state index contributed by atoms with van der Waals surface area (Å²) in [6.45, 7) is 0. The van der Waals surface area contributed by atoms with E-state index in [9.17, 15) is 9.90 Å². The molecule has 1 heterocycles. The fourth-order valence-electron chi connectivity index (χ4n) is 1.22. The minimum Gasteiger partial charge on any atom is -0.479 e. The number of tetrazole rings is 1. The quantitative estimate of drug-likeness (QED) is 0.745. The number of aromatic nitrogens is 4. The molecule has 0 aliphatic heterocycles. The average Bonchev–Trinajstić information content (AvgIpc) is 2.85. The summed E-state index contributed by atoms with van der Waals surface area (Å²) in [5.41, 5.74) is 0.773. The van der Waals surface area contributed by atoms with Gasteiger partial charge in [-0.25, -0.2) is 4.79 Å². The molecule has 7 nitrogen and oxygen atoms in total. The molecule has 2 rings (SSSR count). The van der Waals surface area contributed by atoms with Crippen molar-refractivity contribution in [2.24, 2.45) is 0 Å². The maximum atomic E-state index is 10.5. The highest BCUT2D eigenvalue weighted by atomic mass is 32.2. The maximum Gasteiger partial charge on any atom is 0.333 e. The van der Waals surface area contributed by atoms with Crippen LogP contribution < -0.4 is 0 Å². The number of benzene rings is 1. The smallest absolute Gasteiger partial charge is 0.333 e. The van der Waals surface area contributed by atoms with E-state index in [1.807, 2.05) is 30.3 Å². The van der Waals surface area contributed by atoms with E-state index >= 15 is 0 Å². The third-order valence-corrected chi connectivity index (χ3v) is 3.09. The molecule has 0 saturated heterocycles. The SMILES string of the molecule is O=C(O)C(O)CSc1nnnn1-c1ccccc1. The molecular formula is C10H10N4O3S. The molecule has 1 aromatic heterocycles. The molecule has 0 radical (unpaired) electrons. The van der Waals surface area contributed by atoms with Gasteiger partial charge in [-0.2, -0.15) is 4.68 Å². The van der Waals surface area contributed by atoms with E-state index in [0.717, 1.165) is 17.4 Å². The van der Waals surface area contributed by atoms with E-state index in [1.54, 1.807) is 0 Å². The fraction of sp³-hybridized carbons (Fsp3) is 0.200. The minimum atomic E-state index is -1.43. The van der Waals surface area contributed by atoms with Crippen LogP contribution in [0.25, 0.3) is 5.69 Å². The third-order valence-electron chi connectivity index (χ3n) is 2.10. The predicted octanol–water partition coefficient (Wildman–Crippen LogP) is 0.200. The van der Waals surface area contributed by atoms with E-state index in [-0.39, 0.29) is 5.75 Å². The normalized spacial score (nSPS) is 12.3. The number of hydrogen-bond acceptors (Lipinski definition) is 6. The standard InChI is InChI=1S/C10H10N4O3S/c15-8(9(16)17)6-18-10-11-12-13-14(10)7-4-2-1-3-5-7/h1-5,8,15H,6H2,(H,16,17). The van der Waals surface area contributed by atoms with Crippen LogP contribution in [-0.4, -0.2) is 48.2 Å². The number of aliphatic carboxylic acids is 1. The number of thioether (sulfide) groups is 1. The summed E-state index contributed by atoms with van der Waals surface area (Å²) in [5, 5.41) is 29.3. The van der Waals surface area contributed by atoms with Crippen LogP contribution in [-0.2, 0) is 4.79 Å². The minimum absolute atomic E-state index is 0.0114. The Kier molecular flexibility index (Phi) is 3.90. The van der Waals surface area contributed by atoms with E-state index in [4.69, 9.17) is 5.11 Å². The number of carbonyl (C=O) groups is 1. The zero-order chi connectivity index (χ0) is 13.0. The monoisotopic (exact) mass is 266 g/mol. The molecule has 0 amide bonds. The lowest BCUT2D eigenvalue weighted by Crippen LogP contribution is -2.22. The number of aliphatic hydroxyl groups is 1. The highest BCUT2D eigenvalue weighted by Crippen LogP contribution is 2.18. The largest absolute Gasteiger partial charge is 0.479 e. The van der Waals surface area contributed by atoms with E-state index in [0.29, 0.717) is 5.16 Å². The molecule has 1 aromatic carbocycles. The summed E-state index contributed by atoms with van der Waals surface area (Å²) >= 11 is 1.08. The molecule has 0 saturated carbocycles. The molecule has 0 bridgehead atoms. The first-order chi connectivity index (χ1) is 8.68. The molecule has 1 unspecified atom stereocenters. The van der Waals surface area contributed by atoms with Crippen LogP contribution >= 0.6 is 11.8 Å². The second-order valence-electron chi connectivity index (χ2n) is 3.37. The van der Waals surface area contributed by atoms with Gasteiger partial charge in [-0.3, -0.25) is 0 Å². The molecule has 1 atom stereocenters. The van der Waals surface area contributed by atoms with Crippen molar-refractivity contribution in [3.63, 3.8) is 0 Å². The van der Waals surface area contributed by atoms with Crippen molar-refractivity contribution in [2.75, 3.05) is 5.75 Å². The zero-order valence-corrected chi connectivity index (χ0v) is 9.99. The van der Waals surface area contributed by atoms with Crippen LogP contribution in [0, 0.1) is 0 Å². The van der Waals surface area contributed by atoms with Gasteiger partial charge in [0.05, 0.1) is 5.69 Å². The summed E-state index contributed by atoms with van der Waals surface area (Å²) in [7, 11) is 0. The lowest BCUT2D eigenvalue weighted by atomic mass is 10.3. The van der Waals surface area contributed by atoms with Crippen molar-refractivity contribution < 1.29 is 15.0 Å². The lowest BCUT2D eigenvalue weighted by molar-refractivity contribution is -0.145. The number of aliphatic hydroxyl groups excluding tert-OH is 1. The Morgan fingerprint density at radius 1 is 1.39 bits per heavy atom. The van der Waals surface area contributed by atoms with Gasteiger partial charge in [-0.05, 0) is 22.6 Å². The first kappa shape index (κ1) is 12.5. The van der Waals surface area contributed by atoms with Gasteiger partial charge in [0.2, 0.25) is 5.16 Å². The average molecular weight is 266 g/mol. The highest BCUT2D eigenvalue weighted by Gasteiger charge is 2.16. The zero-order valence-electron chi connectivity index (χ0n) is 9.17. The Hall–Kier alpha value is -1.93. The van der Waals surface area contributed by atoms with Crippen LogP contribution in [0.5, 0.6) is 0 Å². The van der Waals surface area contributed by atoms with Gasteiger partial charge >= 0.3 is 5.97 Å². The first-order valence-corrected chi connectivity index (χ1v) is 6.04. The van der Waals surface area contributed by atoms with Crippen molar-refractivity contribution >= 4 is 17.7 Å². The molecule has 18 heavy (non-hydrogen) atoms. The number of para-hydroxylation sites is 1. The van der Waals surface area contributed by atoms with Gasteiger partial charge in [0.15, 0.2) is 6.10 Å². The molecule has 0 spiro atoms. The molecular weight excluding hydrogens is 256 g/mol. The lowest BCUT2D eigenvalue weighted by Gasteiger charge is -2.05. The Balaban J connectivity index is 2.12. The second-order valence-corrected chi connectivity index (χ2v) is 4.36. The van der Waals surface area contributed by atoms with Gasteiger partial charge in [0, 0.05) is 5.75 Å². The van der Waals surface area contributed by atoms with Gasteiger partial charge in [0.1, 0.15) is 0 Å². The topological polar surface area (TPSA) is 101 Å². The van der Waals surface area contributed by atoms with Crippen LogP contribution in [0.15, 0.2) is 35.5 Å². The number of carboxylic acids is 1. The van der Waals surface area contributed by atoms with E-state index < -0.39 is 12.1 Å². The third kappa shape index (κ3) is 2.84. The highest BCUT2D eigenvalue weighted by molar-refractivity contribution is 7.99. The second kappa shape index (κ2) is 5.61. The Labute approximate surface area is 106 Å². The summed E-state index contributed by atoms with van der Waals surface area (Å²) in [6.07, 6.45) is -1.43. The van der Waals surface area contributed by atoms with Crippen molar-refractivity contribution in [1.29, 1.82) is 0 Å². The molecule has 0 fully saturated rings. The van der Waals surface area contributed by atoms with Gasteiger partial charge in [-0.1, -0.05) is 30.0 Å². The van der Waals surface area contributed by atoms with Crippen molar-refractivity contribution in [3.8, 4) is 5.69 Å². The molecule has 8 heteroatoms. The maximum absolute atomic E-state index is 10.5. The number of hydrogen-bond donors (Lipinski definition) is 2. The fourth-order valence-corrected chi connectivity index (χ4v) is 2.03. The number of nitrogens with zero attached hydrogens (tertiary/aromatic N) is 4. The van der Waals surface area contributed by atoms with Gasteiger partial charge in [-0.15, -0.1) is 5.10 Å². The van der Waals surface area contributed by atoms with Crippen LogP contribution in [0.1, 0.15) is 0 Å². The molecule has 2 aromatic rings. The summed E-state index contributed by atoms with van der Waals surface area (Å²) in [6, 6.07) is 9.21. The number of rotatable bonds is 5. The summed E-state index contributed by atoms with van der Waals surface area (Å²) in [5.74, 6) is -1.27. The van der Waals surface area contributed by atoms with Crippen molar-refractivity contribution in [1.82, 2.24) is 20.2 Å². The van der Waals surface area contributed by atoms with Crippen molar-refractivity contribution in [3.05, 3.63) is 30.3 Å². The van der Waals surface area contributed by atoms with E-state index in [1.165, 1.54) is 4.68 Å². The van der Waals surface area contributed by atoms with Gasteiger partial charge < -0.3 is 10.2 Å². The Morgan fingerprint density at radius 3 is 2.78 bits per heavy atom. The number of carboxylic acid groups (broad SMARTS) is 1. The van der Waals surface area contributed by atoms with Crippen LogP contribution in [0.4, 0.5) is 0 Å². The molecule has 0 aliphatic rings. The molecule has 94 valence electrons. The predicted molar refractivity (Wildman–Crippen MR) is 63.5 cm³/mol. The summed E-state index contributed by atoms with van der Waals surface area (Å²) < 4.78 is 1.49. The Morgan fingerprint density at radius 2 is 2.11 bits per heavy atom. The van der Waals surface area contributed by atoms with E-state index in [2.05, 4.69) is 15.5 Å². The van der Waals surface area contributed by atoms with Gasteiger partial charge in [0.25, 0.3) is 0 Å². The first-order valence-electron chi connectivity index (χ1n) is 5.06.